The molecule has 2 aromatic carbocycles. The van der Waals surface area contributed by atoms with Gasteiger partial charge >= 0.3 is 0 Å². The maximum absolute atomic E-state index is 12.4. The number of tetrazole rings is 1. The number of fused-ring (bicyclic) bond motifs is 1. The summed E-state index contributed by atoms with van der Waals surface area (Å²) in [5.74, 6) is 2.16. The number of nitrogens with one attached hydrogen (secondary N) is 1. The third-order valence-corrected chi connectivity index (χ3v) is 4.85. The predicted octanol–water partition coefficient (Wildman–Crippen LogP) is 3.07. The quantitative estimate of drug-likeness (QED) is 0.692. The van der Waals surface area contributed by atoms with E-state index in [9.17, 15) is 4.79 Å². The van der Waals surface area contributed by atoms with Gasteiger partial charge in [0.25, 0.3) is 0 Å². The van der Waals surface area contributed by atoms with Crippen LogP contribution < -0.4 is 14.8 Å². The van der Waals surface area contributed by atoms with Gasteiger partial charge in [0.1, 0.15) is 6.54 Å². The molecule has 1 N–H and O–H groups in total. The van der Waals surface area contributed by atoms with E-state index in [1.807, 2.05) is 37.3 Å². The second kappa shape index (κ2) is 7.90. The number of nitrogens with zero attached hydrogens (tertiary/aromatic N) is 4. The van der Waals surface area contributed by atoms with Crippen molar-refractivity contribution in [3.63, 3.8) is 0 Å². The minimum absolute atomic E-state index is 0.00797. The summed E-state index contributed by atoms with van der Waals surface area (Å²) in [4.78, 5) is 13.7. The van der Waals surface area contributed by atoms with Crippen LogP contribution in [0, 0.1) is 0 Å². The molecule has 0 saturated heterocycles. The zero-order chi connectivity index (χ0) is 20.4. The molecule has 0 fully saturated rings. The van der Waals surface area contributed by atoms with E-state index < -0.39 is 0 Å². The maximum Gasteiger partial charge on any atom is 0.244 e. The normalized spacial score (nSPS) is 13.5. The summed E-state index contributed by atoms with van der Waals surface area (Å²) in [6.07, 6.45) is 0. The molecule has 1 aliphatic heterocycles. The first-order chi connectivity index (χ1) is 14.0. The lowest BCUT2D eigenvalue weighted by atomic mass is 10.0. The average Bonchev–Trinajstić information content (AvgIpc) is 3.36. The van der Waals surface area contributed by atoms with Gasteiger partial charge in [0.05, 0.1) is 6.04 Å². The lowest BCUT2D eigenvalue weighted by Crippen LogP contribution is -2.30. The van der Waals surface area contributed by atoms with Crippen molar-refractivity contribution in [3.8, 4) is 22.9 Å². The van der Waals surface area contributed by atoms with Crippen molar-refractivity contribution >= 4 is 5.91 Å². The number of carbonyl (C=O) groups is 1. The second-order valence-electron chi connectivity index (χ2n) is 7.32. The molecule has 8 heteroatoms. The SMILES string of the molecule is CC(C)c1ccc(-c2nnn(CC(=O)N[C@H](C)c3ccc4c(c3)OCO4)n2)cc1. The molecule has 150 valence electrons. The molecule has 8 nitrogen and oxygen atoms in total. The van der Waals surface area contributed by atoms with Crippen LogP contribution in [0.25, 0.3) is 11.4 Å². The molecule has 0 unspecified atom stereocenters. The van der Waals surface area contributed by atoms with E-state index in [0.717, 1.165) is 11.1 Å². The summed E-state index contributed by atoms with van der Waals surface area (Å²) < 4.78 is 10.7. The Kier molecular flexibility index (Phi) is 5.16. The van der Waals surface area contributed by atoms with Gasteiger partial charge in [0.15, 0.2) is 11.5 Å². The van der Waals surface area contributed by atoms with E-state index in [4.69, 9.17) is 9.47 Å². The van der Waals surface area contributed by atoms with Gasteiger partial charge in [-0.15, -0.1) is 10.2 Å². The minimum Gasteiger partial charge on any atom is -0.454 e. The molecule has 3 aromatic rings. The molecule has 0 bridgehead atoms. The summed E-state index contributed by atoms with van der Waals surface area (Å²) in [5.41, 5.74) is 3.05. The Morgan fingerprint density at radius 1 is 1.07 bits per heavy atom. The fourth-order valence-electron chi connectivity index (χ4n) is 3.12. The molecule has 0 saturated carbocycles. The highest BCUT2D eigenvalue weighted by molar-refractivity contribution is 5.76. The van der Waals surface area contributed by atoms with Crippen LogP contribution in [0.15, 0.2) is 42.5 Å². The zero-order valence-electron chi connectivity index (χ0n) is 16.6. The fraction of sp³-hybridized carbons (Fsp3) is 0.333. The molecule has 4 rings (SSSR count). The third kappa shape index (κ3) is 4.21. The van der Waals surface area contributed by atoms with Crippen LogP contribution in [0.1, 0.15) is 43.9 Å². The van der Waals surface area contributed by atoms with Crippen molar-refractivity contribution in [1.82, 2.24) is 25.5 Å². The van der Waals surface area contributed by atoms with E-state index >= 15 is 0 Å². The Labute approximate surface area is 168 Å². The van der Waals surface area contributed by atoms with Gasteiger partial charge < -0.3 is 14.8 Å². The summed E-state index contributed by atoms with van der Waals surface area (Å²) >= 11 is 0. The van der Waals surface area contributed by atoms with E-state index in [1.165, 1.54) is 10.4 Å². The number of hydrogen-bond acceptors (Lipinski definition) is 6. The highest BCUT2D eigenvalue weighted by Crippen LogP contribution is 2.34. The standard InChI is InChI=1S/C21H23N5O3/c1-13(2)15-4-6-16(7-5-15)21-23-25-26(24-21)11-20(27)22-14(3)17-8-9-18-19(10-17)29-12-28-18/h4-10,13-14H,11-12H2,1-3H3,(H,22,27)/t14-/m1/s1. The largest absolute Gasteiger partial charge is 0.454 e. The van der Waals surface area contributed by atoms with E-state index in [1.54, 1.807) is 0 Å². The number of rotatable bonds is 6. The first-order valence-electron chi connectivity index (χ1n) is 9.56. The molecule has 1 atom stereocenters. The highest BCUT2D eigenvalue weighted by Gasteiger charge is 2.17. The van der Waals surface area contributed by atoms with Gasteiger partial charge in [0, 0.05) is 5.56 Å². The lowest BCUT2D eigenvalue weighted by molar-refractivity contribution is -0.122. The zero-order valence-corrected chi connectivity index (χ0v) is 16.6. The maximum atomic E-state index is 12.4. The van der Waals surface area contributed by atoms with Crippen molar-refractivity contribution in [3.05, 3.63) is 53.6 Å². The molecular weight excluding hydrogens is 370 g/mol. The van der Waals surface area contributed by atoms with Crippen molar-refractivity contribution < 1.29 is 14.3 Å². The fourth-order valence-corrected chi connectivity index (χ4v) is 3.12. The molecular formula is C21H23N5O3. The Morgan fingerprint density at radius 2 is 1.79 bits per heavy atom. The van der Waals surface area contributed by atoms with Gasteiger partial charge in [0.2, 0.25) is 18.5 Å². The molecule has 29 heavy (non-hydrogen) atoms. The second-order valence-corrected chi connectivity index (χ2v) is 7.32. The monoisotopic (exact) mass is 393 g/mol. The molecule has 0 aliphatic carbocycles. The van der Waals surface area contributed by atoms with Gasteiger partial charge in [-0.1, -0.05) is 44.2 Å². The van der Waals surface area contributed by atoms with Gasteiger partial charge in [-0.05, 0) is 41.3 Å². The van der Waals surface area contributed by atoms with E-state index in [0.29, 0.717) is 23.2 Å². The van der Waals surface area contributed by atoms with Crippen molar-refractivity contribution in [1.29, 1.82) is 0 Å². The molecule has 1 aliphatic rings. The van der Waals surface area contributed by atoms with Crippen LogP contribution in [0.4, 0.5) is 0 Å². The summed E-state index contributed by atoms with van der Waals surface area (Å²) in [6.45, 7) is 6.41. The Morgan fingerprint density at radius 3 is 2.55 bits per heavy atom. The Balaban J connectivity index is 1.37. The molecule has 1 amide bonds. The summed E-state index contributed by atoms with van der Waals surface area (Å²) in [6, 6.07) is 13.5. The smallest absolute Gasteiger partial charge is 0.244 e. The first-order valence-corrected chi connectivity index (χ1v) is 9.56. The molecule has 1 aromatic heterocycles. The molecule has 0 radical (unpaired) electrons. The first kappa shape index (κ1) is 18.9. The van der Waals surface area contributed by atoms with Crippen LogP contribution in [0.5, 0.6) is 11.5 Å². The number of aromatic nitrogens is 4. The number of benzene rings is 2. The van der Waals surface area contributed by atoms with Gasteiger partial charge in [-0.2, -0.15) is 4.80 Å². The van der Waals surface area contributed by atoms with Crippen LogP contribution in [-0.4, -0.2) is 32.9 Å². The van der Waals surface area contributed by atoms with Gasteiger partial charge in [-0.25, -0.2) is 0 Å². The molecule has 0 spiro atoms. The van der Waals surface area contributed by atoms with Crippen LogP contribution >= 0.6 is 0 Å². The van der Waals surface area contributed by atoms with Crippen molar-refractivity contribution in [2.75, 3.05) is 6.79 Å². The summed E-state index contributed by atoms with van der Waals surface area (Å²) in [5, 5.41) is 15.3. The number of ether oxygens (including phenoxy) is 2. The number of hydrogen-bond donors (Lipinski definition) is 1. The topological polar surface area (TPSA) is 91.2 Å². The Hall–Kier alpha value is -3.42. The van der Waals surface area contributed by atoms with Crippen molar-refractivity contribution in [2.24, 2.45) is 0 Å². The van der Waals surface area contributed by atoms with Gasteiger partial charge in [-0.3, -0.25) is 4.79 Å². The van der Waals surface area contributed by atoms with Crippen molar-refractivity contribution in [2.45, 2.75) is 39.3 Å². The number of carbonyl (C=O) groups excluding carboxylic acids is 1. The lowest BCUT2D eigenvalue weighted by Gasteiger charge is -2.14. The van der Waals surface area contributed by atoms with Crippen LogP contribution in [0.2, 0.25) is 0 Å². The third-order valence-electron chi connectivity index (χ3n) is 4.85. The minimum atomic E-state index is -0.200. The van der Waals surface area contributed by atoms with Crippen LogP contribution in [-0.2, 0) is 11.3 Å². The predicted molar refractivity (Wildman–Crippen MR) is 106 cm³/mol. The molecule has 2 heterocycles. The average molecular weight is 393 g/mol. The number of amides is 1. The van der Waals surface area contributed by atoms with Crippen LogP contribution in [0.3, 0.4) is 0 Å². The highest BCUT2D eigenvalue weighted by atomic mass is 16.7. The van der Waals surface area contributed by atoms with E-state index in [2.05, 4.69) is 46.7 Å². The summed E-state index contributed by atoms with van der Waals surface area (Å²) in [7, 11) is 0. The Bertz CT molecular complexity index is 1010. The van der Waals surface area contributed by atoms with E-state index in [-0.39, 0.29) is 25.3 Å².